The van der Waals surface area contributed by atoms with Crippen molar-refractivity contribution in [1.29, 1.82) is 0 Å². The first-order valence-electron chi connectivity index (χ1n) is 16.6. The zero-order valence-electron chi connectivity index (χ0n) is 27.9. The van der Waals surface area contributed by atoms with Gasteiger partial charge in [-0.15, -0.1) is 0 Å². The number of benzene rings is 6. The summed E-state index contributed by atoms with van der Waals surface area (Å²) in [6.07, 6.45) is 3.69. The Hall–Kier alpha value is -6.06. The van der Waals surface area contributed by atoms with Gasteiger partial charge in [0.05, 0.1) is 0 Å². The van der Waals surface area contributed by atoms with Gasteiger partial charge in [-0.25, -0.2) is 0 Å². The van der Waals surface area contributed by atoms with Gasteiger partial charge in [-0.3, -0.25) is 0 Å². The van der Waals surface area contributed by atoms with E-state index >= 15 is 0 Å². The third kappa shape index (κ3) is 5.74. The molecule has 0 spiro atoms. The Balaban J connectivity index is 1.29. The monoisotopic (exact) mass is 636 g/mol. The topological polar surface area (TPSA) is 31.6 Å². The number of fused-ring (bicyclic) bond motifs is 4. The van der Waals surface area contributed by atoms with Gasteiger partial charge in [-0.1, -0.05) is 104 Å². The molecular weight excluding hydrogens is 601 g/mol. The molecule has 0 aliphatic carbocycles. The zero-order chi connectivity index (χ0) is 33.5. The highest BCUT2D eigenvalue weighted by Gasteiger charge is 2.30. The van der Waals surface area contributed by atoms with E-state index in [-0.39, 0.29) is 0 Å². The van der Waals surface area contributed by atoms with E-state index in [2.05, 4.69) is 135 Å². The summed E-state index contributed by atoms with van der Waals surface area (Å²) in [6, 6.07) is 48.9. The third-order valence-corrected chi connectivity index (χ3v) is 9.14. The Bertz CT molecular complexity index is 2430. The fourth-order valence-corrected chi connectivity index (χ4v) is 6.83. The van der Waals surface area contributed by atoms with Crippen molar-refractivity contribution in [1.82, 2.24) is 0 Å². The predicted molar refractivity (Wildman–Crippen MR) is 202 cm³/mol. The molecule has 0 amide bonds. The van der Waals surface area contributed by atoms with Crippen molar-refractivity contribution in [3.05, 3.63) is 168 Å². The fraction of sp³-hybridized carbons (Fsp3) is 0.0870. The van der Waals surface area contributed by atoms with Gasteiger partial charge in [0.15, 0.2) is 0 Å². The first-order valence-corrected chi connectivity index (χ1v) is 16.6. The molecule has 0 bridgehead atoms. The number of rotatable bonds is 5. The van der Waals surface area contributed by atoms with Gasteiger partial charge < -0.3 is 13.9 Å². The van der Waals surface area contributed by atoms with Crippen LogP contribution in [-0.4, -0.2) is 5.79 Å². The molecule has 1 aliphatic rings. The second-order valence-electron chi connectivity index (χ2n) is 12.9. The van der Waals surface area contributed by atoms with Gasteiger partial charge in [-0.2, -0.15) is 0 Å². The smallest absolute Gasteiger partial charge is 0.245 e. The van der Waals surface area contributed by atoms with Crippen molar-refractivity contribution >= 4 is 22.6 Å². The second-order valence-corrected chi connectivity index (χ2v) is 12.9. The van der Waals surface area contributed by atoms with E-state index in [0.29, 0.717) is 0 Å². The Morgan fingerprint density at radius 1 is 0.571 bits per heavy atom. The fourth-order valence-electron chi connectivity index (χ4n) is 6.83. The summed E-state index contributed by atoms with van der Waals surface area (Å²) in [5.74, 6) is 0.671. The van der Waals surface area contributed by atoms with Crippen LogP contribution in [0, 0.1) is 0 Å². The van der Waals surface area contributed by atoms with Crippen molar-refractivity contribution in [2.45, 2.75) is 26.6 Å². The minimum Gasteiger partial charge on any atom is -0.456 e. The van der Waals surface area contributed by atoms with Crippen LogP contribution in [-0.2, 0) is 0 Å². The van der Waals surface area contributed by atoms with E-state index < -0.39 is 5.79 Å². The summed E-state index contributed by atoms with van der Waals surface area (Å²) < 4.78 is 19.4. The molecule has 238 valence electrons. The Kier molecular flexibility index (Phi) is 7.53. The summed E-state index contributed by atoms with van der Waals surface area (Å²) in [5, 5.41) is 2.13. The van der Waals surface area contributed by atoms with E-state index in [9.17, 15) is 0 Å². The highest BCUT2D eigenvalue weighted by Crippen LogP contribution is 2.45. The van der Waals surface area contributed by atoms with E-state index in [4.69, 9.17) is 13.9 Å². The molecule has 7 aromatic rings. The van der Waals surface area contributed by atoms with Crippen molar-refractivity contribution in [2.24, 2.45) is 0 Å². The van der Waals surface area contributed by atoms with Crippen LogP contribution < -0.4 is 20.1 Å². The number of hydrogen-bond acceptors (Lipinski definition) is 3. The lowest BCUT2D eigenvalue weighted by Gasteiger charge is -2.26. The zero-order valence-corrected chi connectivity index (χ0v) is 27.9. The van der Waals surface area contributed by atoms with Crippen molar-refractivity contribution in [3.8, 4) is 56.0 Å². The van der Waals surface area contributed by atoms with Crippen molar-refractivity contribution < 1.29 is 13.9 Å². The summed E-state index contributed by atoms with van der Waals surface area (Å²) in [5.41, 5.74) is 12.7. The third-order valence-electron chi connectivity index (χ3n) is 9.14. The molecule has 3 heteroatoms. The lowest BCUT2D eigenvalue weighted by atomic mass is 9.91. The lowest BCUT2D eigenvalue weighted by molar-refractivity contribution is -0.0778. The van der Waals surface area contributed by atoms with E-state index in [1.165, 1.54) is 11.1 Å². The molecule has 2 heterocycles. The number of ether oxygens (including phenoxy) is 2. The van der Waals surface area contributed by atoms with E-state index in [1.807, 2.05) is 38.1 Å². The molecule has 0 N–H and O–H groups in total. The number of para-hydroxylation sites is 1. The van der Waals surface area contributed by atoms with Crippen LogP contribution in [0.3, 0.4) is 0 Å². The maximum absolute atomic E-state index is 6.64. The highest BCUT2D eigenvalue weighted by atomic mass is 16.7. The minimum atomic E-state index is -0.882. The molecule has 0 unspecified atom stereocenters. The molecular formula is C46H36O3. The minimum absolute atomic E-state index is 0.775. The molecule has 3 nitrogen and oxygen atoms in total. The Labute approximate surface area is 286 Å². The van der Waals surface area contributed by atoms with E-state index in [0.717, 1.165) is 77.6 Å². The second kappa shape index (κ2) is 12.2. The molecule has 0 atom stereocenters. The average Bonchev–Trinajstić information content (AvgIpc) is 3.44. The Morgan fingerprint density at radius 2 is 1.18 bits per heavy atom. The SMILES string of the molecule is C=C/C=c1/oc2ccccc2/c1=C(/C)c1ccc2c(c1)-c1ccc(-c3cc(-c4ccccc4)cc(-c4ccccc4)c3)cc1OC(C)(C)O2. The summed E-state index contributed by atoms with van der Waals surface area (Å²) in [6.45, 7) is 9.99. The molecule has 0 saturated carbocycles. The average molecular weight is 637 g/mol. The van der Waals surface area contributed by atoms with Gasteiger partial charge in [-0.05, 0) is 106 Å². The van der Waals surface area contributed by atoms with Gasteiger partial charge in [0, 0.05) is 35.6 Å². The van der Waals surface area contributed by atoms with E-state index in [1.54, 1.807) is 6.08 Å². The maximum atomic E-state index is 6.64. The van der Waals surface area contributed by atoms with Crippen LogP contribution >= 0.6 is 0 Å². The Morgan fingerprint density at radius 3 is 1.86 bits per heavy atom. The van der Waals surface area contributed by atoms with Crippen LogP contribution in [0.1, 0.15) is 26.3 Å². The van der Waals surface area contributed by atoms with Gasteiger partial charge in [0.2, 0.25) is 5.79 Å². The van der Waals surface area contributed by atoms with Crippen LogP contribution in [0.4, 0.5) is 0 Å². The summed E-state index contributed by atoms with van der Waals surface area (Å²) >= 11 is 0. The van der Waals surface area contributed by atoms with Gasteiger partial charge >= 0.3 is 0 Å². The number of furan rings is 1. The molecule has 1 aromatic heterocycles. The molecule has 0 saturated heterocycles. The molecule has 0 fully saturated rings. The maximum Gasteiger partial charge on any atom is 0.245 e. The first kappa shape index (κ1) is 30.3. The van der Waals surface area contributed by atoms with Crippen LogP contribution in [0.5, 0.6) is 11.5 Å². The standard InChI is InChI=1S/C46H36O3/c1-5-14-43-45(39-19-12-13-20-41(39)47-43)30(2)33-22-24-42-40(28-33)38-23-21-34(29-44(38)49-46(3,4)48-42)37-26-35(31-15-8-6-9-16-31)25-36(27-37)32-17-10-7-11-18-32/h5-29H,1H2,2-4H3/b43-14+,45-30+. The van der Waals surface area contributed by atoms with Crippen LogP contribution in [0.15, 0.2) is 157 Å². The highest BCUT2D eigenvalue weighted by molar-refractivity contribution is 5.87. The van der Waals surface area contributed by atoms with Gasteiger partial charge in [0.25, 0.3) is 0 Å². The summed E-state index contributed by atoms with van der Waals surface area (Å²) in [4.78, 5) is 0. The predicted octanol–water partition coefficient (Wildman–Crippen LogP) is 10.8. The van der Waals surface area contributed by atoms with Crippen LogP contribution in [0.25, 0.3) is 67.1 Å². The first-order chi connectivity index (χ1) is 23.9. The van der Waals surface area contributed by atoms with Crippen molar-refractivity contribution in [3.63, 3.8) is 0 Å². The van der Waals surface area contributed by atoms with Crippen LogP contribution in [0.2, 0.25) is 0 Å². The molecule has 1 aliphatic heterocycles. The molecule has 49 heavy (non-hydrogen) atoms. The normalized spacial score (nSPS) is 14.2. The largest absolute Gasteiger partial charge is 0.456 e. The number of allylic oxidation sites excluding steroid dienone is 1. The number of hydrogen-bond donors (Lipinski definition) is 0. The molecule has 8 rings (SSSR count). The van der Waals surface area contributed by atoms with Crippen molar-refractivity contribution in [2.75, 3.05) is 0 Å². The molecule has 0 radical (unpaired) electrons. The lowest BCUT2D eigenvalue weighted by Crippen LogP contribution is -2.34. The summed E-state index contributed by atoms with van der Waals surface area (Å²) in [7, 11) is 0. The molecule has 6 aromatic carbocycles. The van der Waals surface area contributed by atoms with Gasteiger partial charge in [0.1, 0.15) is 22.5 Å². The quantitative estimate of drug-likeness (QED) is 0.188.